The zero-order valence-corrected chi connectivity index (χ0v) is 14.1. The van der Waals surface area contributed by atoms with Crippen molar-refractivity contribution in [3.63, 3.8) is 0 Å². The van der Waals surface area contributed by atoms with Crippen molar-refractivity contribution in [3.05, 3.63) is 24.3 Å². The highest BCUT2D eigenvalue weighted by atomic mass is 32.1. The summed E-state index contributed by atoms with van der Waals surface area (Å²) in [6, 6.07) is 7.99. The summed E-state index contributed by atoms with van der Waals surface area (Å²) < 4.78 is 11.2. The molecule has 0 unspecified atom stereocenters. The standard InChI is InChI=1S/C17H26N2O2S/c1-2-20-13-5-12-18-17(22)19-14-8-10-16(11-9-14)21-15-6-3-4-7-15/h8-11,15H,2-7,12-13H2,1H3,(H2,18,19,22). The third-order valence-corrected chi connectivity index (χ3v) is 3.92. The van der Waals surface area contributed by atoms with E-state index in [1.807, 2.05) is 31.2 Å². The van der Waals surface area contributed by atoms with Crippen molar-refractivity contribution in [2.24, 2.45) is 0 Å². The summed E-state index contributed by atoms with van der Waals surface area (Å²) >= 11 is 5.27. The Labute approximate surface area is 138 Å². The average Bonchev–Trinajstić information content (AvgIpc) is 3.02. The molecule has 0 radical (unpaired) electrons. The van der Waals surface area contributed by atoms with E-state index in [9.17, 15) is 0 Å². The largest absolute Gasteiger partial charge is 0.490 e. The predicted molar refractivity (Wildman–Crippen MR) is 94.7 cm³/mol. The van der Waals surface area contributed by atoms with E-state index in [1.165, 1.54) is 25.7 Å². The molecule has 0 amide bonds. The number of hydrogen-bond donors (Lipinski definition) is 2. The van der Waals surface area contributed by atoms with Crippen molar-refractivity contribution in [2.45, 2.75) is 45.1 Å². The first-order chi connectivity index (χ1) is 10.8. The molecule has 1 fully saturated rings. The lowest BCUT2D eigenvalue weighted by Gasteiger charge is -2.14. The fourth-order valence-corrected chi connectivity index (χ4v) is 2.73. The number of ether oxygens (including phenoxy) is 2. The van der Waals surface area contributed by atoms with E-state index < -0.39 is 0 Å². The molecule has 0 saturated heterocycles. The SMILES string of the molecule is CCOCCCNC(=S)Nc1ccc(OC2CCCC2)cc1. The molecule has 1 aliphatic carbocycles. The van der Waals surface area contributed by atoms with Gasteiger partial charge in [-0.1, -0.05) is 0 Å². The molecular weight excluding hydrogens is 296 g/mol. The second-order valence-electron chi connectivity index (χ2n) is 5.48. The summed E-state index contributed by atoms with van der Waals surface area (Å²) in [5.74, 6) is 0.938. The van der Waals surface area contributed by atoms with E-state index in [4.69, 9.17) is 21.7 Å². The molecule has 5 heteroatoms. The Kier molecular flexibility index (Phi) is 7.46. The second-order valence-corrected chi connectivity index (χ2v) is 5.89. The fraction of sp³-hybridized carbons (Fsp3) is 0.588. The number of rotatable bonds is 8. The Morgan fingerprint density at radius 2 is 1.95 bits per heavy atom. The number of nitrogens with one attached hydrogen (secondary N) is 2. The third-order valence-electron chi connectivity index (χ3n) is 3.67. The van der Waals surface area contributed by atoms with Gasteiger partial charge >= 0.3 is 0 Å². The maximum Gasteiger partial charge on any atom is 0.170 e. The molecule has 2 rings (SSSR count). The smallest absolute Gasteiger partial charge is 0.170 e. The third kappa shape index (κ3) is 6.20. The van der Waals surface area contributed by atoms with Crippen molar-refractivity contribution in [1.82, 2.24) is 5.32 Å². The van der Waals surface area contributed by atoms with Gasteiger partial charge in [0.15, 0.2) is 5.11 Å². The number of thiocarbonyl (C=S) groups is 1. The van der Waals surface area contributed by atoms with Crippen LogP contribution in [0.5, 0.6) is 5.75 Å². The quantitative estimate of drug-likeness (QED) is 0.564. The van der Waals surface area contributed by atoms with E-state index in [-0.39, 0.29) is 0 Å². The summed E-state index contributed by atoms with van der Waals surface area (Å²) in [5.41, 5.74) is 0.973. The van der Waals surface area contributed by atoms with Crippen molar-refractivity contribution in [1.29, 1.82) is 0 Å². The van der Waals surface area contributed by atoms with Crippen LogP contribution in [-0.2, 0) is 4.74 Å². The molecule has 0 bridgehead atoms. The molecule has 0 aromatic heterocycles. The van der Waals surface area contributed by atoms with Gasteiger partial charge in [-0.2, -0.15) is 0 Å². The molecule has 1 saturated carbocycles. The van der Waals surface area contributed by atoms with Crippen molar-refractivity contribution in [2.75, 3.05) is 25.1 Å². The highest BCUT2D eigenvalue weighted by Gasteiger charge is 2.16. The summed E-state index contributed by atoms with van der Waals surface area (Å²) in [4.78, 5) is 0. The minimum atomic E-state index is 0.395. The van der Waals surface area contributed by atoms with Gasteiger partial charge in [0.25, 0.3) is 0 Å². The van der Waals surface area contributed by atoms with Gasteiger partial charge in [0.05, 0.1) is 6.10 Å². The predicted octanol–water partition coefficient (Wildman–Crippen LogP) is 3.72. The van der Waals surface area contributed by atoms with Crippen LogP contribution >= 0.6 is 12.2 Å². The molecular formula is C17H26N2O2S. The molecule has 122 valence electrons. The maximum atomic E-state index is 5.95. The zero-order chi connectivity index (χ0) is 15.6. The van der Waals surface area contributed by atoms with E-state index in [0.717, 1.165) is 37.6 Å². The van der Waals surface area contributed by atoms with E-state index >= 15 is 0 Å². The van der Waals surface area contributed by atoms with Crippen LogP contribution in [0.4, 0.5) is 5.69 Å². The highest BCUT2D eigenvalue weighted by Crippen LogP contribution is 2.24. The molecule has 0 heterocycles. The van der Waals surface area contributed by atoms with Crippen LogP contribution in [0.15, 0.2) is 24.3 Å². The Balaban J connectivity index is 1.67. The van der Waals surface area contributed by atoms with Crippen LogP contribution in [0.2, 0.25) is 0 Å². The minimum absolute atomic E-state index is 0.395. The molecule has 1 aliphatic rings. The molecule has 1 aromatic rings. The summed E-state index contributed by atoms with van der Waals surface area (Å²) in [6.07, 6.45) is 6.27. The number of benzene rings is 1. The van der Waals surface area contributed by atoms with Crippen LogP contribution in [0, 0.1) is 0 Å². The maximum absolute atomic E-state index is 5.95. The Bertz CT molecular complexity index is 444. The lowest BCUT2D eigenvalue weighted by atomic mass is 10.3. The number of anilines is 1. The molecule has 22 heavy (non-hydrogen) atoms. The van der Waals surface area contributed by atoms with Gasteiger partial charge in [-0.25, -0.2) is 0 Å². The van der Waals surface area contributed by atoms with Gasteiger partial charge in [-0.05, 0) is 75.5 Å². The fourth-order valence-electron chi connectivity index (χ4n) is 2.51. The molecule has 0 atom stereocenters. The summed E-state index contributed by atoms with van der Waals surface area (Å²) in [7, 11) is 0. The monoisotopic (exact) mass is 322 g/mol. The first kappa shape index (κ1) is 17.0. The van der Waals surface area contributed by atoms with E-state index in [2.05, 4.69) is 10.6 Å². The highest BCUT2D eigenvalue weighted by molar-refractivity contribution is 7.80. The zero-order valence-electron chi connectivity index (χ0n) is 13.3. The first-order valence-electron chi connectivity index (χ1n) is 8.17. The van der Waals surface area contributed by atoms with Crippen molar-refractivity contribution < 1.29 is 9.47 Å². The molecule has 0 spiro atoms. The van der Waals surface area contributed by atoms with Crippen LogP contribution < -0.4 is 15.4 Å². The summed E-state index contributed by atoms with van der Waals surface area (Å²) in [5, 5.41) is 6.99. The van der Waals surface area contributed by atoms with Crippen molar-refractivity contribution >= 4 is 23.0 Å². The van der Waals surface area contributed by atoms with E-state index in [1.54, 1.807) is 0 Å². The Hall–Kier alpha value is -1.33. The molecule has 0 aliphatic heterocycles. The lowest BCUT2D eigenvalue weighted by molar-refractivity contribution is 0.146. The van der Waals surface area contributed by atoms with Gasteiger partial charge in [0.1, 0.15) is 5.75 Å². The van der Waals surface area contributed by atoms with E-state index in [0.29, 0.717) is 11.2 Å². The van der Waals surface area contributed by atoms with Gasteiger partial charge in [0, 0.05) is 25.4 Å². The van der Waals surface area contributed by atoms with Crippen LogP contribution in [-0.4, -0.2) is 31.0 Å². The van der Waals surface area contributed by atoms with Gasteiger partial charge in [-0.15, -0.1) is 0 Å². The van der Waals surface area contributed by atoms with Crippen LogP contribution in [0.1, 0.15) is 39.0 Å². The van der Waals surface area contributed by atoms with Crippen LogP contribution in [0.25, 0.3) is 0 Å². The Morgan fingerprint density at radius 1 is 1.23 bits per heavy atom. The van der Waals surface area contributed by atoms with Gasteiger partial charge < -0.3 is 20.1 Å². The summed E-state index contributed by atoms with van der Waals surface area (Å²) in [6.45, 7) is 4.34. The molecule has 2 N–H and O–H groups in total. The second kappa shape index (κ2) is 9.64. The minimum Gasteiger partial charge on any atom is -0.490 e. The molecule has 1 aromatic carbocycles. The Morgan fingerprint density at radius 3 is 2.64 bits per heavy atom. The van der Waals surface area contributed by atoms with Crippen molar-refractivity contribution in [3.8, 4) is 5.75 Å². The van der Waals surface area contributed by atoms with Gasteiger partial charge in [-0.3, -0.25) is 0 Å². The topological polar surface area (TPSA) is 42.5 Å². The average molecular weight is 322 g/mol. The first-order valence-corrected chi connectivity index (χ1v) is 8.58. The lowest BCUT2D eigenvalue weighted by Crippen LogP contribution is -2.29. The van der Waals surface area contributed by atoms with Gasteiger partial charge in [0.2, 0.25) is 0 Å². The molecule has 4 nitrogen and oxygen atoms in total. The normalized spacial score (nSPS) is 14.8. The van der Waals surface area contributed by atoms with Crippen LogP contribution in [0.3, 0.4) is 0 Å². The number of hydrogen-bond acceptors (Lipinski definition) is 3.